The molecule has 1 heterocycles. The number of nitrogens with zero attached hydrogens (tertiary/aromatic N) is 2. The molecule has 2 rings (SSSR count). The fourth-order valence-electron chi connectivity index (χ4n) is 1.05. The first-order valence-electron chi connectivity index (χ1n) is 5.17. The summed E-state index contributed by atoms with van der Waals surface area (Å²) < 4.78 is 17.0. The fourth-order valence-corrected chi connectivity index (χ4v) is 1.05. The third-order valence-electron chi connectivity index (χ3n) is 2.18. The van der Waals surface area contributed by atoms with Crippen molar-refractivity contribution in [3.05, 3.63) is 53.9 Å². The van der Waals surface area contributed by atoms with Crippen LogP contribution in [0.2, 0.25) is 0 Å². The lowest BCUT2D eigenvalue weighted by atomic mass is 10.3. The first kappa shape index (κ1) is 13.1. The summed E-state index contributed by atoms with van der Waals surface area (Å²) in [5.74, 6) is 0.437. The molecule has 2 aromatic rings. The Balaban J connectivity index is 0.000000171. The number of hydrogen-bond acceptors (Lipinski definition) is 3. The number of ether oxygens (including phenoxy) is 1. The van der Waals surface area contributed by atoms with E-state index in [0.717, 1.165) is 11.4 Å². The second-order valence-corrected chi connectivity index (χ2v) is 3.39. The van der Waals surface area contributed by atoms with Gasteiger partial charge >= 0.3 is 0 Å². The van der Waals surface area contributed by atoms with Crippen LogP contribution < -0.4 is 4.74 Å². The van der Waals surface area contributed by atoms with Crippen LogP contribution in [0.3, 0.4) is 0 Å². The predicted molar refractivity (Wildman–Crippen MR) is 64.5 cm³/mol. The van der Waals surface area contributed by atoms with Gasteiger partial charge in [-0.1, -0.05) is 0 Å². The third-order valence-corrected chi connectivity index (χ3v) is 2.18. The number of hydrogen-bond donors (Lipinski definition) is 0. The van der Waals surface area contributed by atoms with E-state index in [0.29, 0.717) is 5.75 Å². The number of methoxy groups -OCH3 is 1. The second-order valence-electron chi connectivity index (χ2n) is 3.39. The topological polar surface area (TPSA) is 35.0 Å². The van der Waals surface area contributed by atoms with Crippen molar-refractivity contribution in [1.82, 2.24) is 9.97 Å². The van der Waals surface area contributed by atoms with Gasteiger partial charge < -0.3 is 4.74 Å². The molecule has 0 bridgehead atoms. The van der Waals surface area contributed by atoms with E-state index in [1.807, 2.05) is 13.8 Å². The molecular formula is C13H15FN2O. The van der Waals surface area contributed by atoms with Crippen molar-refractivity contribution in [3.8, 4) is 5.75 Å². The summed E-state index contributed by atoms with van der Waals surface area (Å²) in [6.07, 6.45) is 3.39. The van der Waals surface area contributed by atoms with E-state index in [1.165, 1.54) is 12.1 Å². The highest BCUT2D eigenvalue weighted by Gasteiger charge is 1.88. The number of aryl methyl sites for hydroxylation is 2. The summed E-state index contributed by atoms with van der Waals surface area (Å²) in [5, 5.41) is 0. The highest BCUT2D eigenvalue weighted by molar-refractivity contribution is 5.21. The van der Waals surface area contributed by atoms with Gasteiger partial charge in [-0.15, -0.1) is 0 Å². The van der Waals surface area contributed by atoms with Crippen molar-refractivity contribution in [3.63, 3.8) is 0 Å². The van der Waals surface area contributed by atoms with Crippen molar-refractivity contribution in [2.75, 3.05) is 7.11 Å². The molecule has 1 aromatic carbocycles. The first-order chi connectivity index (χ1) is 8.13. The maximum absolute atomic E-state index is 12.2. The van der Waals surface area contributed by atoms with Gasteiger partial charge in [-0.05, 0) is 38.1 Å². The maximum Gasteiger partial charge on any atom is 0.123 e. The molecule has 17 heavy (non-hydrogen) atoms. The maximum atomic E-state index is 12.2. The van der Waals surface area contributed by atoms with Crippen molar-refractivity contribution in [2.24, 2.45) is 0 Å². The van der Waals surface area contributed by atoms with Crippen LogP contribution in [0.1, 0.15) is 11.4 Å². The number of rotatable bonds is 1. The molecule has 0 unspecified atom stereocenters. The zero-order valence-corrected chi connectivity index (χ0v) is 10.1. The van der Waals surface area contributed by atoms with Gasteiger partial charge in [-0.3, -0.25) is 9.97 Å². The lowest BCUT2D eigenvalue weighted by molar-refractivity contribution is 0.413. The largest absolute Gasteiger partial charge is 0.497 e. The lowest BCUT2D eigenvalue weighted by Crippen LogP contribution is -1.87. The van der Waals surface area contributed by atoms with Gasteiger partial charge in [0.15, 0.2) is 0 Å². The molecule has 0 spiro atoms. The minimum atomic E-state index is -0.240. The molecule has 0 saturated heterocycles. The smallest absolute Gasteiger partial charge is 0.123 e. The van der Waals surface area contributed by atoms with Gasteiger partial charge in [0.05, 0.1) is 18.5 Å². The lowest BCUT2D eigenvalue weighted by Gasteiger charge is -1.95. The Bertz CT molecular complexity index is 436. The molecule has 0 aliphatic carbocycles. The van der Waals surface area contributed by atoms with Gasteiger partial charge in [-0.2, -0.15) is 0 Å². The highest BCUT2D eigenvalue weighted by atomic mass is 19.1. The Labute approximate surface area is 100 Å². The molecule has 0 saturated carbocycles. The minimum absolute atomic E-state index is 0.240. The summed E-state index contributed by atoms with van der Waals surface area (Å²) in [6.45, 7) is 3.89. The molecule has 0 atom stereocenters. The Morgan fingerprint density at radius 1 is 0.941 bits per heavy atom. The molecule has 0 fully saturated rings. The summed E-state index contributed by atoms with van der Waals surface area (Å²) in [7, 11) is 1.55. The normalized spacial score (nSPS) is 9.18. The van der Waals surface area contributed by atoms with Crippen molar-refractivity contribution in [1.29, 1.82) is 0 Å². The Hall–Kier alpha value is -1.97. The molecule has 0 amide bonds. The molecule has 3 nitrogen and oxygen atoms in total. The predicted octanol–water partition coefficient (Wildman–Crippen LogP) is 2.93. The van der Waals surface area contributed by atoms with Crippen LogP contribution in [0.5, 0.6) is 5.75 Å². The molecule has 0 N–H and O–H groups in total. The van der Waals surface area contributed by atoms with E-state index in [2.05, 4.69) is 9.97 Å². The van der Waals surface area contributed by atoms with Crippen LogP contribution in [0.4, 0.5) is 4.39 Å². The van der Waals surface area contributed by atoms with Crippen LogP contribution in [0, 0.1) is 19.7 Å². The van der Waals surface area contributed by atoms with E-state index in [1.54, 1.807) is 31.6 Å². The van der Waals surface area contributed by atoms with Gasteiger partial charge in [0.25, 0.3) is 0 Å². The molecule has 4 heteroatoms. The molecule has 0 aliphatic heterocycles. The fraction of sp³-hybridized carbons (Fsp3) is 0.231. The Morgan fingerprint density at radius 2 is 1.41 bits per heavy atom. The van der Waals surface area contributed by atoms with Crippen LogP contribution in [0.25, 0.3) is 0 Å². The molecular weight excluding hydrogens is 219 g/mol. The summed E-state index contributed by atoms with van der Waals surface area (Å²) >= 11 is 0. The zero-order chi connectivity index (χ0) is 12.7. The summed E-state index contributed by atoms with van der Waals surface area (Å²) in [5.41, 5.74) is 2.01. The van der Waals surface area contributed by atoms with Crippen LogP contribution in [-0.4, -0.2) is 17.1 Å². The van der Waals surface area contributed by atoms with Crippen molar-refractivity contribution in [2.45, 2.75) is 13.8 Å². The number of aromatic nitrogens is 2. The number of halogens is 1. The second kappa shape index (κ2) is 6.58. The number of benzene rings is 1. The van der Waals surface area contributed by atoms with Gasteiger partial charge in [0.2, 0.25) is 0 Å². The van der Waals surface area contributed by atoms with E-state index in [9.17, 15) is 4.39 Å². The Morgan fingerprint density at radius 3 is 1.76 bits per heavy atom. The zero-order valence-electron chi connectivity index (χ0n) is 10.1. The van der Waals surface area contributed by atoms with E-state index < -0.39 is 0 Å². The van der Waals surface area contributed by atoms with Crippen LogP contribution >= 0.6 is 0 Å². The SMILES string of the molecule is COc1ccc(F)cc1.Cc1nccnc1C. The Kier molecular flexibility index (Phi) is 5.07. The third kappa shape index (κ3) is 4.59. The molecule has 90 valence electrons. The van der Waals surface area contributed by atoms with Crippen molar-refractivity contribution >= 4 is 0 Å². The van der Waals surface area contributed by atoms with Crippen LogP contribution in [-0.2, 0) is 0 Å². The van der Waals surface area contributed by atoms with E-state index in [-0.39, 0.29) is 5.82 Å². The minimum Gasteiger partial charge on any atom is -0.497 e. The monoisotopic (exact) mass is 234 g/mol. The first-order valence-corrected chi connectivity index (χ1v) is 5.17. The van der Waals surface area contributed by atoms with Crippen LogP contribution in [0.15, 0.2) is 36.7 Å². The van der Waals surface area contributed by atoms with E-state index in [4.69, 9.17) is 4.74 Å². The van der Waals surface area contributed by atoms with Gasteiger partial charge in [0, 0.05) is 12.4 Å². The van der Waals surface area contributed by atoms with E-state index >= 15 is 0 Å². The average Bonchev–Trinajstić information content (AvgIpc) is 2.35. The molecule has 1 aromatic heterocycles. The highest BCUT2D eigenvalue weighted by Crippen LogP contribution is 2.09. The standard InChI is InChI=1S/C7H7FO.C6H8N2/c1-9-7-4-2-6(8)3-5-7;1-5-6(2)8-4-3-7-5/h2-5H,1H3;3-4H,1-2H3. The summed E-state index contributed by atoms with van der Waals surface area (Å²) in [6, 6.07) is 5.88. The van der Waals surface area contributed by atoms with Crippen molar-refractivity contribution < 1.29 is 9.13 Å². The molecule has 0 radical (unpaired) electrons. The van der Waals surface area contributed by atoms with Gasteiger partial charge in [0.1, 0.15) is 11.6 Å². The average molecular weight is 234 g/mol. The molecule has 0 aliphatic rings. The quantitative estimate of drug-likeness (QED) is 0.761. The van der Waals surface area contributed by atoms with Gasteiger partial charge in [-0.25, -0.2) is 4.39 Å². The summed E-state index contributed by atoms with van der Waals surface area (Å²) in [4.78, 5) is 8.03.